The van der Waals surface area contributed by atoms with Crippen molar-refractivity contribution in [2.24, 2.45) is 0 Å². The second-order valence-electron chi connectivity index (χ2n) is 5.27. The molecule has 2 aliphatic heterocycles. The standard InChI is InChI=1S/C13H19N3OS/c1-10(2)15-6-7-16-11(8-15)9-18(17)12-4-3-5-14-13(12)16/h3-5,10-11H,6-9H2,1-2H3/t11-,18?/m0/s1. The van der Waals surface area contributed by atoms with Crippen LogP contribution in [0.25, 0.3) is 0 Å². The van der Waals surface area contributed by atoms with Crippen molar-refractivity contribution in [2.75, 3.05) is 30.3 Å². The van der Waals surface area contributed by atoms with Crippen LogP contribution in [-0.4, -0.2) is 51.6 Å². The van der Waals surface area contributed by atoms with E-state index >= 15 is 0 Å². The zero-order valence-electron chi connectivity index (χ0n) is 10.9. The van der Waals surface area contributed by atoms with Gasteiger partial charge in [0.2, 0.25) is 0 Å². The van der Waals surface area contributed by atoms with E-state index in [0.717, 1.165) is 36.1 Å². The Bertz CT molecular complexity index is 477. The molecule has 1 unspecified atom stereocenters. The second-order valence-corrected chi connectivity index (χ2v) is 6.74. The fourth-order valence-electron chi connectivity index (χ4n) is 2.81. The summed E-state index contributed by atoms with van der Waals surface area (Å²) in [6.07, 6.45) is 1.80. The Morgan fingerprint density at radius 2 is 2.28 bits per heavy atom. The summed E-state index contributed by atoms with van der Waals surface area (Å²) in [4.78, 5) is 10.2. The lowest BCUT2D eigenvalue weighted by Crippen LogP contribution is -2.58. The summed E-state index contributed by atoms with van der Waals surface area (Å²) < 4.78 is 12.2. The average molecular weight is 265 g/mol. The molecule has 3 rings (SSSR count). The maximum atomic E-state index is 12.2. The van der Waals surface area contributed by atoms with Gasteiger partial charge in [-0.05, 0) is 26.0 Å². The molecule has 4 nitrogen and oxygen atoms in total. The lowest BCUT2D eigenvalue weighted by atomic mass is 10.1. The maximum Gasteiger partial charge on any atom is 0.145 e. The summed E-state index contributed by atoms with van der Waals surface area (Å²) in [5.74, 6) is 1.68. The Labute approximate surface area is 110 Å². The molecule has 0 radical (unpaired) electrons. The molecule has 1 aromatic rings. The van der Waals surface area contributed by atoms with Crippen molar-refractivity contribution in [3.8, 4) is 0 Å². The minimum absolute atomic E-state index is 0.351. The van der Waals surface area contributed by atoms with Gasteiger partial charge >= 0.3 is 0 Å². The molecule has 5 heteroatoms. The molecule has 0 aliphatic carbocycles. The number of aromatic nitrogens is 1. The van der Waals surface area contributed by atoms with Crippen LogP contribution in [0.1, 0.15) is 13.8 Å². The van der Waals surface area contributed by atoms with Crippen LogP contribution in [0.5, 0.6) is 0 Å². The molecule has 0 N–H and O–H groups in total. The Morgan fingerprint density at radius 1 is 1.44 bits per heavy atom. The van der Waals surface area contributed by atoms with Gasteiger partial charge in [-0.15, -0.1) is 0 Å². The minimum Gasteiger partial charge on any atom is -0.349 e. The third-order valence-electron chi connectivity index (χ3n) is 3.86. The van der Waals surface area contributed by atoms with E-state index in [9.17, 15) is 4.21 Å². The molecule has 0 amide bonds. The highest BCUT2D eigenvalue weighted by Gasteiger charge is 2.36. The molecule has 3 heterocycles. The number of hydrogen-bond donors (Lipinski definition) is 0. The first-order chi connectivity index (χ1) is 8.66. The molecule has 98 valence electrons. The summed E-state index contributed by atoms with van der Waals surface area (Å²) in [5, 5.41) is 0. The Hall–Kier alpha value is -0.940. The quantitative estimate of drug-likeness (QED) is 0.762. The van der Waals surface area contributed by atoms with Gasteiger partial charge in [-0.1, -0.05) is 0 Å². The predicted octanol–water partition coefficient (Wildman–Crippen LogP) is 1.10. The summed E-state index contributed by atoms with van der Waals surface area (Å²) in [7, 11) is -0.893. The van der Waals surface area contributed by atoms with Crippen LogP contribution in [0.15, 0.2) is 23.2 Å². The van der Waals surface area contributed by atoms with Gasteiger partial charge < -0.3 is 4.90 Å². The first-order valence-electron chi connectivity index (χ1n) is 6.51. The van der Waals surface area contributed by atoms with E-state index in [1.54, 1.807) is 6.20 Å². The monoisotopic (exact) mass is 265 g/mol. The van der Waals surface area contributed by atoms with Gasteiger partial charge in [-0.2, -0.15) is 0 Å². The SMILES string of the molecule is CC(C)N1CCN2c3ncccc3S(=O)C[C@@H]2C1. The third-order valence-corrected chi connectivity index (χ3v) is 5.35. The maximum absolute atomic E-state index is 12.2. The van der Waals surface area contributed by atoms with Gasteiger partial charge in [-0.25, -0.2) is 4.98 Å². The van der Waals surface area contributed by atoms with Crippen molar-refractivity contribution < 1.29 is 4.21 Å². The molecule has 0 aromatic carbocycles. The average Bonchev–Trinajstić information content (AvgIpc) is 2.38. The fourth-order valence-corrected chi connectivity index (χ4v) is 4.23. The minimum atomic E-state index is -0.893. The van der Waals surface area contributed by atoms with E-state index in [1.165, 1.54) is 0 Å². The molecule has 1 aromatic heterocycles. The summed E-state index contributed by atoms with van der Waals surface area (Å²) >= 11 is 0. The molecular formula is C13H19N3OS. The van der Waals surface area contributed by atoms with E-state index in [0.29, 0.717) is 12.1 Å². The second kappa shape index (κ2) is 4.63. The molecule has 0 saturated carbocycles. The third kappa shape index (κ3) is 1.95. The highest BCUT2D eigenvalue weighted by atomic mass is 32.2. The van der Waals surface area contributed by atoms with Crippen molar-refractivity contribution in [2.45, 2.75) is 30.8 Å². The zero-order chi connectivity index (χ0) is 12.7. The van der Waals surface area contributed by atoms with Crippen LogP contribution in [0, 0.1) is 0 Å². The fraction of sp³-hybridized carbons (Fsp3) is 0.615. The van der Waals surface area contributed by atoms with Crippen molar-refractivity contribution in [3.63, 3.8) is 0 Å². The van der Waals surface area contributed by atoms with Crippen LogP contribution >= 0.6 is 0 Å². The van der Waals surface area contributed by atoms with Crippen LogP contribution in [0.2, 0.25) is 0 Å². The van der Waals surface area contributed by atoms with Crippen LogP contribution in [0.4, 0.5) is 5.82 Å². The number of fused-ring (bicyclic) bond motifs is 3. The van der Waals surface area contributed by atoms with Crippen LogP contribution in [-0.2, 0) is 10.8 Å². The number of anilines is 1. The summed E-state index contributed by atoms with van der Waals surface area (Å²) in [5.41, 5.74) is 0. The molecular weight excluding hydrogens is 246 g/mol. The van der Waals surface area contributed by atoms with Crippen LogP contribution in [0.3, 0.4) is 0 Å². The number of piperazine rings is 1. The molecule has 2 aliphatic rings. The summed E-state index contributed by atoms with van der Waals surface area (Å²) in [6.45, 7) is 7.50. The van der Waals surface area contributed by atoms with Gasteiger partial charge in [0.05, 0.1) is 27.5 Å². The number of nitrogens with zero attached hydrogens (tertiary/aromatic N) is 3. The largest absolute Gasteiger partial charge is 0.349 e. The highest BCUT2D eigenvalue weighted by Crippen LogP contribution is 2.31. The molecule has 0 spiro atoms. The van der Waals surface area contributed by atoms with E-state index < -0.39 is 10.8 Å². The van der Waals surface area contributed by atoms with Crippen molar-refractivity contribution >= 4 is 16.6 Å². The van der Waals surface area contributed by atoms with Gasteiger partial charge in [0.15, 0.2) is 0 Å². The summed E-state index contributed by atoms with van der Waals surface area (Å²) in [6, 6.07) is 4.74. The number of pyridine rings is 1. The Morgan fingerprint density at radius 3 is 3.06 bits per heavy atom. The van der Waals surface area contributed by atoms with Gasteiger partial charge in [0, 0.05) is 31.9 Å². The van der Waals surface area contributed by atoms with E-state index in [2.05, 4.69) is 28.6 Å². The van der Waals surface area contributed by atoms with Gasteiger partial charge in [0.25, 0.3) is 0 Å². The molecule has 1 fully saturated rings. The number of hydrogen-bond acceptors (Lipinski definition) is 4. The van der Waals surface area contributed by atoms with Crippen molar-refractivity contribution in [1.29, 1.82) is 0 Å². The first-order valence-corrected chi connectivity index (χ1v) is 7.83. The van der Waals surface area contributed by atoms with Gasteiger partial charge in [-0.3, -0.25) is 9.11 Å². The van der Waals surface area contributed by atoms with E-state index in [1.807, 2.05) is 12.1 Å². The Kier molecular flexibility index (Phi) is 3.11. The first kappa shape index (κ1) is 12.1. The molecule has 2 atom stereocenters. The molecule has 0 bridgehead atoms. The van der Waals surface area contributed by atoms with Crippen molar-refractivity contribution in [1.82, 2.24) is 9.88 Å². The van der Waals surface area contributed by atoms with Crippen molar-refractivity contribution in [3.05, 3.63) is 18.3 Å². The molecule has 1 saturated heterocycles. The highest BCUT2D eigenvalue weighted by molar-refractivity contribution is 7.85. The van der Waals surface area contributed by atoms with Gasteiger partial charge in [0.1, 0.15) is 5.82 Å². The smallest absolute Gasteiger partial charge is 0.145 e. The normalized spacial score (nSPS) is 28.1. The topological polar surface area (TPSA) is 36.4 Å². The van der Waals surface area contributed by atoms with E-state index in [-0.39, 0.29) is 0 Å². The predicted molar refractivity (Wildman–Crippen MR) is 73.4 cm³/mol. The lowest BCUT2D eigenvalue weighted by Gasteiger charge is -2.46. The van der Waals surface area contributed by atoms with E-state index in [4.69, 9.17) is 0 Å². The lowest BCUT2D eigenvalue weighted by molar-refractivity contribution is 0.185. The number of rotatable bonds is 1. The zero-order valence-corrected chi connectivity index (χ0v) is 11.7. The molecule has 18 heavy (non-hydrogen) atoms. The Balaban J connectivity index is 1.90. The van der Waals surface area contributed by atoms with Crippen LogP contribution < -0.4 is 4.90 Å².